The Kier molecular flexibility index (Phi) is 3.75. The van der Waals surface area contributed by atoms with E-state index >= 15 is 0 Å². The van der Waals surface area contributed by atoms with E-state index in [1.54, 1.807) is 0 Å². The quantitative estimate of drug-likeness (QED) is 0.764. The van der Waals surface area contributed by atoms with Crippen molar-refractivity contribution in [3.8, 4) is 11.5 Å². The fourth-order valence-corrected chi connectivity index (χ4v) is 1.38. The van der Waals surface area contributed by atoms with Crippen LogP contribution in [0, 0.1) is 6.92 Å². The van der Waals surface area contributed by atoms with Crippen molar-refractivity contribution in [3.63, 3.8) is 0 Å². The van der Waals surface area contributed by atoms with Gasteiger partial charge in [-0.1, -0.05) is 6.07 Å². The van der Waals surface area contributed by atoms with Crippen LogP contribution < -0.4 is 9.47 Å². The van der Waals surface area contributed by atoms with Crippen molar-refractivity contribution in [1.29, 1.82) is 0 Å². The first-order valence-corrected chi connectivity index (χ1v) is 5.91. The van der Waals surface area contributed by atoms with Crippen LogP contribution in [-0.4, -0.2) is 11.2 Å². The lowest BCUT2D eigenvalue weighted by molar-refractivity contribution is 0.0957. The van der Waals surface area contributed by atoms with Crippen LogP contribution in [0.15, 0.2) is 18.2 Å². The summed E-state index contributed by atoms with van der Waals surface area (Å²) in [5, 5.41) is 0. The van der Waals surface area contributed by atoms with E-state index in [-0.39, 0.29) is 11.2 Å². The minimum atomic E-state index is -0.246. The first kappa shape index (κ1) is 13.9. The smallest absolute Gasteiger partial charge is 0.162 e. The Balaban J connectivity index is 3.04. The molecule has 2 heteroatoms. The van der Waals surface area contributed by atoms with Gasteiger partial charge in [0.1, 0.15) is 11.2 Å². The molecule has 0 amide bonds. The van der Waals surface area contributed by atoms with Crippen LogP contribution in [0.2, 0.25) is 0 Å². The van der Waals surface area contributed by atoms with Gasteiger partial charge in [-0.3, -0.25) is 0 Å². The fourth-order valence-electron chi connectivity index (χ4n) is 1.38. The molecule has 1 rings (SSSR count). The second-order valence-electron chi connectivity index (χ2n) is 6.21. The minimum Gasteiger partial charge on any atom is -0.484 e. The van der Waals surface area contributed by atoms with Gasteiger partial charge in [0.2, 0.25) is 0 Å². The van der Waals surface area contributed by atoms with Crippen LogP contribution in [0.5, 0.6) is 11.5 Å². The van der Waals surface area contributed by atoms with Crippen molar-refractivity contribution in [1.82, 2.24) is 0 Å². The molecule has 1 aromatic rings. The molecule has 95 valence electrons. The molecule has 0 aromatic heterocycles. The molecule has 1 radical (unpaired) electrons. The van der Waals surface area contributed by atoms with Crippen LogP contribution in [0.1, 0.15) is 47.1 Å². The molecule has 1 aromatic carbocycles. The monoisotopic (exact) mass is 235 g/mol. The molecule has 17 heavy (non-hydrogen) atoms. The summed E-state index contributed by atoms with van der Waals surface area (Å²) in [4.78, 5) is 0. The SMILES string of the molecule is [CH2]c1ccc(OC(C)(C)C)c(OC(C)(C)C)c1. The molecule has 0 aliphatic rings. The third kappa shape index (κ3) is 5.12. The number of rotatable bonds is 2. The lowest BCUT2D eigenvalue weighted by Crippen LogP contribution is -2.26. The van der Waals surface area contributed by atoms with Crippen LogP contribution in [-0.2, 0) is 0 Å². The van der Waals surface area contributed by atoms with Crippen LogP contribution in [0.3, 0.4) is 0 Å². The Morgan fingerprint density at radius 3 is 1.76 bits per heavy atom. The molecule has 2 nitrogen and oxygen atoms in total. The zero-order chi connectivity index (χ0) is 13.3. The van der Waals surface area contributed by atoms with Crippen molar-refractivity contribution < 1.29 is 9.47 Å². The largest absolute Gasteiger partial charge is 0.484 e. The number of hydrogen-bond acceptors (Lipinski definition) is 2. The van der Waals surface area contributed by atoms with Gasteiger partial charge in [0.25, 0.3) is 0 Å². The maximum atomic E-state index is 5.89. The highest BCUT2D eigenvalue weighted by molar-refractivity contribution is 5.44. The summed E-state index contributed by atoms with van der Waals surface area (Å²) in [6, 6.07) is 5.75. The standard InChI is InChI=1S/C15H23O2/c1-11-8-9-12(16-14(2,3)4)13(10-11)17-15(5,6)7/h8-10H,1H2,2-7H3. The van der Waals surface area contributed by atoms with Crippen LogP contribution >= 0.6 is 0 Å². The van der Waals surface area contributed by atoms with E-state index in [1.165, 1.54) is 0 Å². The molecule has 0 bridgehead atoms. The Morgan fingerprint density at radius 2 is 1.29 bits per heavy atom. The second-order valence-corrected chi connectivity index (χ2v) is 6.21. The minimum absolute atomic E-state index is 0.237. The average Bonchev–Trinajstić information content (AvgIpc) is 2.05. The number of ether oxygens (including phenoxy) is 2. The molecule has 0 saturated heterocycles. The summed E-state index contributed by atoms with van der Waals surface area (Å²) in [6.07, 6.45) is 0. The molecule has 0 aliphatic carbocycles. The Bertz CT molecular complexity index is 381. The molecular weight excluding hydrogens is 212 g/mol. The van der Waals surface area contributed by atoms with Gasteiger partial charge in [-0.25, -0.2) is 0 Å². The third-order valence-corrected chi connectivity index (χ3v) is 1.84. The van der Waals surface area contributed by atoms with Crippen molar-refractivity contribution in [2.24, 2.45) is 0 Å². The maximum absolute atomic E-state index is 5.89. The van der Waals surface area contributed by atoms with Crippen LogP contribution in [0.25, 0.3) is 0 Å². The average molecular weight is 235 g/mol. The highest BCUT2D eigenvalue weighted by atomic mass is 16.5. The summed E-state index contributed by atoms with van der Waals surface area (Å²) in [7, 11) is 0. The second kappa shape index (κ2) is 4.59. The Labute approximate surface area is 105 Å². The van der Waals surface area contributed by atoms with Gasteiger partial charge < -0.3 is 9.47 Å². The van der Waals surface area contributed by atoms with Gasteiger partial charge >= 0.3 is 0 Å². The van der Waals surface area contributed by atoms with Gasteiger partial charge in [0.05, 0.1) is 0 Å². The molecule has 0 N–H and O–H groups in total. The van der Waals surface area contributed by atoms with Gasteiger partial charge in [-0.15, -0.1) is 0 Å². The number of hydrogen-bond donors (Lipinski definition) is 0. The van der Waals surface area contributed by atoms with E-state index in [0.29, 0.717) is 0 Å². The van der Waals surface area contributed by atoms with E-state index in [4.69, 9.17) is 9.47 Å². The zero-order valence-electron chi connectivity index (χ0n) is 11.8. The molecular formula is C15H23O2. The summed E-state index contributed by atoms with van der Waals surface area (Å²) in [6.45, 7) is 16.0. The predicted molar refractivity (Wildman–Crippen MR) is 71.7 cm³/mol. The van der Waals surface area contributed by atoms with Gasteiger partial charge in [0.15, 0.2) is 11.5 Å². The topological polar surface area (TPSA) is 18.5 Å². The molecule has 0 fully saturated rings. The molecule has 0 spiro atoms. The number of benzene rings is 1. The van der Waals surface area contributed by atoms with Crippen molar-refractivity contribution in [2.75, 3.05) is 0 Å². The molecule has 0 heterocycles. The molecule has 0 atom stereocenters. The summed E-state index contributed by atoms with van der Waals surface area (Å²) in [5.74, 6) is 1.51. The first-order chi connectivity index (χ1) is 7.57. The van der Waals surface area contributed by atoms with Crippen molar-refractivity contribution in [2.45, 2.75) is 52.7 Å². The summed E-state index contributed by atoms with van der Waals surface area (Å²) in [5.41, 5.74) is 0.438. The Hall–Kier alpha value is -1.18. The molecule has 0 aliphatic heterocycles. The zero-order valence-corrected chi connectivity index (χ0v) is 11.8. The van der Waals surface area contributed by atoms with E-state index in [9.17, 15) is 0 Å². The molecule has 0 saturated carbocycles. The summed E-state index contributed by atoms with van der Waals surface area (Å²) < 4.78 is 11.8. The van der Waals surface area contributed by atoms with Gasteiger partial charge in [-0.2, -0.15) is 0 Å². The van der Waals surface area contributed by atoms with E-state index in [1.807, 2.05) is 59.7 Å². The van der Waals surface area contributed by atoms with Crippen molar-refractivity contribution >= 4 is 0 Å². The summed E-state index contributed by atoms with van der Waals surface area (Å²) >= 11 is 0. The van der Waals surface area contributed by atoms with Crippen molar-refractivity contribution in [3.05, 3.63) is 30.7 Å². The van der Waals surface area contributed by atoms with E-state index < -0.39 is 0 Å². The van der Waals surface area contributed by atoms with E-state index in [0.717, 1.165) is 17.1 Å². The highest BCUT2D eigenvalue weighted by Crippen LogP contribution is 2.33. The van der Waals surface area contributed by atoms with Gasteiger partial charge in [0, 0.05) is 0 Å². The lowest BCUT2D eigenvalue weighted by atomic mass is 10.1. The van der Waals surface area contributed by atoms with Crippen LogP contribution in [0.4, 0.5) is 0 Å². The highest BCUT2D eigenvalue weighted by Gasteiger charge is 2.19. The molecule has 0 unspecified atom stereocenters. The Morgan fingerprint density at radius 1 is 0.824 bits per heavy atom. The maximum Gasteiger partial charge on any atom is 0.162 e. The predicted octanol–water partition coefficient (Wildman–Crippen LogP) is 4.22. The van der Waals surface area contributed by atoms with E-state index in [2.05, 4.69) is 6.92 Å². The first-order valence-electron chi connectivity index (χ1n) is 5.91. The van der Waals surface area contributed by atoms with Gasteiger partial charge in [-0.05, 0) is 66.2 Å². The fraction of sp³-hybridized carbons (Fsp3) is 0.533. The third-order valence-electron chi connectivity index (χ3n) is 1.84. The lowest BCUT2D eigenvalue weighted by Gasteiger charge is -2.27. The normalized spacial score (nSPS) is 12.4.